The van der Waals surface area contributed by atoms with Crippen molar-refractivity contribution in [1.29, 1.82) is 0 Å². The molecule has 0 saturated heterocycles. The molecule has 1 fully saturated rings. The lowest BCUT2D eigenvalue weighted by molar-refractivity contribution is -0.0995. The monoisotopic (exact) mass is 200 g/mol. The van der Waals surface area contributed by atoms with E-state index < -0.39 is 0 Å². The van der Waals surface area contributed by atoms with Crippen LogP contribution < -0.4 is 0 Å². The molecule has 2 heteroatoms. The number of methoxy groups -OCH3 is 1. The first-order valence-corrected chi connectivity index (χ1v) is 5.85. The molecule has 1 aliphatic rings. The lowest BCUT2D eigenvalue weighted by atomic mass is 9.88. The zero-order valence-corrected chi connectivity index (χ0v) is 9.75. The van der Waals surface area contributed by atoms with Crippen LogP contribution in [0.15, 0.2) is 0 Å². The van der Waals surface area contributed by atoms with Gasteiger partial charge in [0.2, 0.25) is 0 Å². The molecule has 0 spiro atoms. The Kier molecular flexibility index (Phi) is 4.39. The molecule has 2 unspecified atom stereocenters. The molecule has 0 aromatic carbocycles. The molecule has 14 heavy (non-hydrogen) atoms. The van der Waals surface area contributed by atoms with Gasteiger partial charge in [0.15, 0.2) is 0 Å². The molecule has 84 valence electrons. The second-order valence-corrected chi connectivity index (χ2v) is 4.77. The molecule has 0 aromatic heterocycles. The third kappa shape index (κ3) is 2.71. The topological polar surface area (TPSA) is 29.5 Å². The molecule has 0 aromatic rings. The fraction of sp³-hybridized carbons (Fsp3) is 1.00. The summed E-state index contributed by atoms with van der Waals surface area (Å²) in [6.07, 6.45) is 6.75. The first-order valence-electron chi connectivity index (χ1n) is 5.85. The van der Waals surface area contributed by atoms with Gasteiger partial charge < -0.3 is 9.84 Å². The van der Waals surface area contributed by atoms with Crippen LogP contribution in [0.2, 0.25) is 0 Å². The van der Waals surface area contributed by atoms with Gasteiger partial charge in [-0.1, -0.05) is 32.6 Å². The Bertz CT molecular complexity index is 158. The average Bonchev–Trinajstić information content (AvgIpc) is 2.69. The fourth-order valence-electron chi connectivity index (χ4n) is 2.33. The summed E-state index contributed by atoms with van der Waals surface area (Å²) in [5.74, 6) is 0.728. The smallest absolute Gasteiger partial charge is 0.0905 e. The second-order valence-electron chi connectivity index (χ2n) is 4.77. The SMILES string of the molecule is CCC(C)(OC)C(O)CC1CCCC1. The molecule has 1 N–H and O–H groups in total. The minimum atomic E-state index is -0.345. The molecule has 1 aliphatic carbocycles. The number of hydrogen-bond acceptors (Lipinski definition) is 2. The Balaban J connectivity index is 2.42. The molecular weight excluding hydrogens is 176 g/mol. The summed E-state index contributed by atoms with van der Waals surface area (Å²) >= 11 is 0. The molecule has 0 radical (unpaired) electrons. The number of aliphatic hydroxyl groups is 1. The highest BCUT2D eigenvalue weighted by Gasteiger charge is 2.33. The van der Waals surface area contributed by atoms with Gasteiger partial charge in [0.25, 0.3) is 0 Å². The predicted molar refractivity (Wildman–Crippen MR) is 58.3 cm³/mol. The Morgan fingerprint density at radius 3 is 2.43 bits per heavy atom. The van der Waals surface area contributed by atoms with Gasteiger partial charge in [-0.05, 0) is 25.7 Å². The molecule has 2 atom stereocenters. The summed E-state index contributed by atoms with van der Waals surface area (Å²) in [6, 6.07) is 0. The van der Waals surface area contributed by atoms with E-state index in [9.17, 15) is 5.11 Å². The zero-order valence-electron chi connectivity index (χ0n) is 9.75. The van der Waals surface area contributed by atoms with Crippen LogP contribution in [-0.4, -0.2) is 23.9 Å². The maximum absolute atomic E-state index is 10.1. The van der Waals surface area contributed by atoms with Gasteiger partial charge in [-0.2, -0.15) is 0 Å². The summed E-state index contributed by atoms with van der Waals surface area (Å²) in [6.45, 7) is 4.08. The van der Waals surface area contributed by atoms with E-state index >= 15 is 0 Å². The molecular formula is C12H24O2. The largest absolute Gasteiger partial charge is 0.390 e. The van der Waals surface area contributed by atoms with Crippen molar-refractivity contribution >= 4 is 0 Å². The van der Waals surface area contributed by atoms with E-state index in [4.69, 9.17) is 4.74 Å². The first-order chi connectivity index (χ1) is 6.62. The normalized spacial score (nSPS) is 24.9. The first kappa shape index (κ1) is 12.0. The van der Waals surface area contributed by atoms with Gasteiger partial charge in [-0.15, -0.1) is 0 Å². The highest BCUT2D eigenvalue weighted by atomic mass is 16.5. The molecule has 0 bridgehead atoms. The maximum Gasteiger partial charge on any atom is 0.0905 e. The van der Waals surface area contributed by atoms with Crippen molar-refractivity contribution in [3.63, 3.8) is 0 Å². The summed E-state index contributed by atoms with van der Waals surface area (Å²) in [5.41, 5.74) is -0.345. The van der Waals surface area contributed by atoms with E-state index in [0.29, 0.717) is 0 Å². The Morgan fingerprint density at radius 2 is 2.00 bits per heavy atom. The minimum absolute atomic E-state index is 0.305. The van der Waals surface area contributed by atoms with Gasteiger partial charge in [0.05, 0.1) is 11.7 Å². The summed E-state index contributed by atoms with van der Waals surface area (Å²) in [7, 11) is 1.70. The third-order valence-electron chi connectivity index (χ3n) is 3.90. The molecule has 0 aliphatic heterocycles. The van der Waals surface area contributed by atoms with Crippen molar-refractivity contribution in [3.8, 4) is 0 Å². The quantitative estimate of drug-likeness (QED) is 0.739. The molecule has 2 nitrogen and oxygen atoms in total. The standard InChI is InChI=1S/C12H24O2/c1-4-12(2,14-3)11(13)9-10-7-5-6-8-10/h10-11,13H,4-9H2,1-3H3. The van der Waals surface area contributed by atoms with Gasteiger partial charge >= 0.3 is 0 Å². The van der Waals surface area contributed by atoms with Gasteiger partial charge in [0, 0.05) is 7.11 Å². The van der Waals surface area contributed by atoms with Crippen LogP contribution in [0.4, 0.5) is 0 Å². The van der Waals surface area contributed by atoms with Gasteiger partial charge in [-0.25, -0.2) is 0 Å². The van der Waals surface area contributed by atoms with Crippen molar-refractivity contribution in [3.05, 3.63) is 0 Å². The minimum Gasteiger partial charge on any atom is -0.390 e. The zero-order chi connectivity index (χ0) is 10.6. The van der Waals surface area contributed by atoms with Crippen LogP contribution in [0.3, 0.4) is 0 Å². The van der Waals surface area contributed by atoms with Crippen LogP contribution in [0.5, 0.6) is 0 Å². The Morgan fingerprint density at radius 1 is 1.43 bits per heavy atom. The number of hydrogen-bond donors (Lipinski definition) is 1. The second kappa shape index (κ2) is 5.13. The summed E-state index contributed by atoms with van der Waals surface area (Å²) < 4.78 is 5.41. The highest BCUT2D eigenvalue weighted by Crippen LogP contribution is 2.32. The molecule has 0 amide bonds. The summed E-state index contributed by atoms with van der Waals surface area (Å²) in [4.78, 5) is 0. The summed E-state index contributed by atoms with van der Waals surface area (Å²) in [5, 5.41) is 10.1. The predicted octanol–water partition coefficient (Wildman–Crippen LogP) is 2.74. The van der Waals surface area contributed by atoms with Gasteiger partial charge in [-0.3, -0.25) is 0 Å². The Labute approximate surface area is 87.7 Å². The van der Waals surface area contributed by atoms with Crippen LogP contribution in [0.25, 0.3) is 0 Å². The molecule has 1 rings (SSSR count). The maximum atomic E-state index is 10.1. The lowest BCUT2D eigenvalue weighted by Gasteiger charge is -2.33. The number of ether oxygens (including phenoxy) is 1. The van der Waals surface area contributed by atoms with E-state index in [1.165, 1.54) is 25.7 Å². The highest BCUT2D eigenvalue weighted by molar-refractivity contribution is 4.85. The van der Waals surface area contributed by atoms with Crippen LogP contribution in [0.1, 0.15) is 52.4 Å². The van der Waals surface area contributed by atoms with Crippen molar-refractivity contribution in [2.45, 2.75) is 64.1 Å². The van der Waals surface area contributed by atoms with E-state index in [0.717, 1.165) is 18.8 Å². The third-order valence-corrected chi connectivity index (χ3v) is 3.90. The fourth-order valence-corrected chi connectivity index (χ4v) is 2.33. The van der Waals surface area contributed by atoms with Gasteiger partial charge in [0.1, 0.15) is 0 Å². The number of aliphatic hydroxyl groups excluding tert-OH is 1. The Hall–Kier alpha value is -0.0800. The van der Waals surface area contributed by atoms with Crippen molar-refractivity contribution in [1.82, 2.24) is 0 Å². The van der Waals surface area contributed by atoms with E-state index in [1.807, 2.05) is 6.92 Å². The van der Waals surface area contributed by atoms with E-state index in [2.05, 4.69) is 6.92 Å². The lowest BCUT2D eigenvalue weighted by Crippen LogP contribution is -2.41. The van der Waals surface area contributed by atoms with Crippen molar-refractivity contribution in [2.75, 3.05) is 7.11 Å². The number of rotatable bonds is 5. The van der Waals surface area contributed by atoms with Crippen molar-refractivity contribution in [2.24, 2.45) is 5.92 Å². The van der Waals surface area contributed by atoms with Crippen molar-refractivity contribution < 1.29 is 9.84 Å². The average molecular weight is 200 g/mol. The van der Waals surface area contributed by atoms with E-state index in [1.54, 1.807) is 7.11 Å². The molecule has 0 heterocycles. The van der Waals surface area contributed by atoms with Crippen LogP contribution >= 0.6 is 0 Å². The van der Waals surface area contributed by atoms with Crippen LogP contribution in [0, 0.1) is 5.92 Å². The molecule has 1 saturated carbocycles. The van der Waals surface area contributed by atoms with E-state index in [-0.39, 0.29) is 11.7 Å². The van der Waals surface area contributed by atoms with Crippen LogP contribution in [-0.2, 0) is 4.74 Å².